The minimum absolute atomic E-state index is 0.168. The molecule has 24 heavy (non-hydrogen) atoms. The molecule has 1 saturated heterocycles. The minimum Gasteiger partial charge on any atom is -0.368 e. The van der Waals surface area contributed by atoms with Gasteiger partial charge in [0, 0.05) is 31.3 Å². The topological polar surface area (TPSA) is 68.5 Å². The fourth-order valence-electron chi connectivity index (χ4n) is 3.34. The third-order valence-electron chi connectivity index (χ3n) is 5.12. The van der Waals surface area contributed by atoms with E-state index in [9.17, 15) is 4.79 Å². The van der Waals surface area contributed by atoms with Crippen LogP contribution in [0.3, 0.4) is 0 Å². The van der Waals surface area contributed by atoms with Crippen molar-refractivity contribution in [1.29, 1.82) is 0 Å². The molecule has 2 fully saturated rings. The van der Waals surface area contributed by atoms with Crippen molar-refractivity contribution in [1.82, 2.24) is 10.1 Å². The Balaban J connectivity index is 1.64. The molecule has 6 nitrogen and oxygen atoms in total. The first-order valence-corrected chi connectivity index (χ1v) is 8.42. The van der Waals surface area contributed by atoms with Crippen LogP contribution in [0.2, 0.25) is 0 Å². The summed E-state index contributed by atoms with van der Waals surface area (Å²) in [6.07, 6.45) is 3.76. The van der Waals surface area contributed by atoms with E-state index in [1.165, 1.54) is 0 Å². The average molecular weight is 327 g/mol. The maximum Gasteiger partial charge on any atom is 0.259 e. The number of carbonyl (C=O) groups is 1. The molecule has 1 atom stereocenters. The summed E-state index contributed by atoms with van der Waals surface area (Å²) in [6, 6.07) is 7.74. The van der Waals surface area contributed by atoms with Crippen LogP contribution in [0.1, 0.15) is 38.5 Å². The maximum absolute atomic E-state index is 11.9. The molecule has 0 bridgehead atoms. The summed E-state index contributed by atoms with van der Waals surface area (Å²) in [6.45, 7) is 2.77. The van der Waals surface area contributed by atoms with Crippen LogP contribution in [0.25, 0.3) is 11.4 Å². The van der Waals surface area contributed by atoms with Crippen LogP contribution in [0.15, 0.2) is 28.8 Å². The lowest BCUT2D eigenvalue weighted by molar-refractivity contribution is -0.117. The molecule has 1 amide bonds. The zero-order valence-electron chi connectivity index (χ0n) is 14.0. The lowest BCUT2D eigenvalue weighted by Gasteiger charge is -2.23. The molecule has 2 aliphatic rings. The molecule has 0 spiro atoms. The first kappa shape index (κ1) is 15.3. The number of ether oxygens (including phenoxy) is 1. The van der Waals surface area contributed by atoms with Crippen LogP contribution in [-0.4, -0.2) is 29.7 Å². The molecule has 1 aliphatic carbocycles. The van der Waals surface area contributed by atoms with Crippen molar-refractivity contribution in [3.8, 4) is 11.4 Å². The SMILES string of the molecule is COC(C)(c1nc(-c2cccc(N3CCCC3=O)c2)no1)C1CC1. The number of hydrogen-bond donors (Lipinski definition) is 0. The van der Waals surface area contributed by atoms with Gasteiger partial charge in [0.25, 0.3) is 5.89 Å². The van der Waals surface area contributed by atoms with Gasteiger partial charge < -0.3 is 14.2 Å². The third-order valence-corrected chi connectivity index (χ3v) is 5.12. The number of amides is 1. The Morgan fingerprint density at radius 1 is 1.38 bits per heavy atom. The Bertz CT molecular complexity index is 768. The first-order valence-electron chi connectivity index (χ1n) is 8.42. The summed E-state index contributed by atoms with van der Waals surface area (Å²) >= 11 is 0. The fourth-order valence-corrected chi connectivity index (χ4v) is 3.34. The highest BCUT2D eigenvalue weighted by atomic mass is 16.5. The van der Waals surface area contributed by atoms with Crippen LogP contribution in [-0.2, 0) is 15.1 Å². The first-order chi connectivity index (χ1) is 11.6. The Morgan fingerprint density at radius 2 is 2.21 bits per heavy atom. The number of benzene rings is 1. The van der Waals surface area contributed by atoms with Gasteiger partial charge in [-0.15, -0.1) is 0 Å². The van der Waals surface area contributed by atoms with Crippen molar-refractivity contribution < 1.29 is 14.1 Å². The average Bonchev–Trinajstić information content (AvgIpc) is 3.19. The van der Waals surface area contributed by atoms with Crippen LogP contribution in [0.5, 0.6) is 0 Å². The van der Waals surface area contributed by atoms with E-state index < -0.39 is 5.60 Å². The van der Waals surface area contributed by atoms with Crippen LogP contribution in [0.4, 0.5) is 5.69 Å². The molecule has 0 radical (unpaired) electrons. The van der Waals surface area contributed by atoms with Gasteiger partial charge in [0.05, 0.1) is 0 Å². The fraction of sp³-hybridized carbons (Fsp3) is 0.500. The Labute approximate surface area is 140 Å². The van der Waals surface area contributed by atoms with Crippen LogP contribution in [0, 0.1) is 5.92 Å². The Hall–Kier alpha value is -2.21. The third kappa shape index (κ3) is 2.51. The number of hydrogen-bond acceptors (Lipinski definition) is 5. The zero-order chi connectivity index (χ0) is 16.7. The highest BCUT2D eigenvalue weighted by Gasteiger charge is 2.47. The molecule has 126 valence electrons. The van der Waals surface area contributed by atoms with Crippen LogP contribution < -0.4 is 4.90 Å². The molecule has 1 aromatic carbocycles. The molecule has 6 heteroatoms. The van der Waals surface area contributed by atoms with Gasteiger partial charge >= 0.3 is 0 Å². The summed E-state index contributed by atoms with van der Waals surface area (Å²) in [5, 5.41) is 4.13. The number of methoxy groups -OCH3 is 1. The predicted molar refractivity (Wildman–Crippen MR) is 88.4 cm³/mol. The molecule has 1 unspecified atom stereocenters. The second-order valence-electron chi connectivity index (χ2n) is 6.71. The molecule has 1 saturated carbocycles. The van der Waals surface area contributed by atoms with Crippen LogP contribution >= 0.6 is 0 Å². The number of anilines is 1. The Morgan fingerprint density at radius 3 is 2.88 bits per heavy atom. The van der Waals surface area contributed by atoms with Gasteiger partial charge in [0.15, 0.2) is 0 Å². The highest BCUT2D eigenvalue weighted by Crippen LogP contribution is 2.47. The van der Waals surface area contributed by atoms with E-state index in [2.05, 4.69) is 10.1 Å². The van der Waals surface area contributed by atoms with Gasteiger partial charge in [-0.05, 0) is 44.2 Å². The minimum atomic E-state index is -0.520. The molecule has 1 aliphatic heterocycles. The molecular weight excluding hydrogens is 306 g/mol. The standard InChI is InChI=1S/C18H21N3O3/c1-18(23-2,13-8-9-13)17-19-16(20-24-17)12-5-3-6-14(11-12)21-10-4-7-15(21)22/h3,5-6,11,13H,4,7-10H2,1-2H3. The van der Waals surface area contributed by atoms with Crippen molar-refractivity contribution in [2.45, 2.75) is 38.2 Å². The van der Waals surface area contributed by atoms with E-state index in [4.69, 9.17) is 9.26 Å². The second kappa shape index (κ2) is 5.70. The van der Waals surface area contributed by atoms with Crippen molar-refractivity contribution >= 4 is 11.6 Å². The van der Waals surface area contributed by atoms with E-state index in [-0.39, 0.29) is 5.91 Å². The summed E-state index contributed by atoms with van der Waals surface area (Å²) in [7, 11) is 1.68. The van der Waals surface area contributed by atoms with E-state index in [0.717, 1.165) is 37.1 Å². The summed E-state index contributed by atoms with van der Waals surface area (Å²) in [5.41, 5.74) is 1.21. The van der Waals surface area contributed by atoms with E-state index in [1.807, 2.05) is 36.1 Å². The predicted octanol–water partition coefficient (Wildman–Crippen LogP) is 3.14. The quantitative estimate of drug-likeness (QED) is 0.844. The molecular formula is C18H21N3O3. The second-order valence-corrected chi connectivity index (χ2v) is 6.71. The van der Waals surface area contributed by atoms with Crippen molar-refractivity contribution in [3.63, 3.8) is 0 Å². The molecule has 1 aromatic heterocycles. The van der Waals surface area contributed by atoms with Gasteiger partial charge in [0.2, 0.25) is 11.7 Å². The Kier molecular flexibility index (Phi) is 3.64. The smallest absolute Gasteiger partial charge is 0.259 e. The molecule has 0 N–H and O–H groups in total. The summed E-state index contributed by atoms with van der Waals surface area (Å²) in [5.74, 6) is 1.65. The largest absolute Gasteiger partial charge is 0.368 e. The van der Waals surface area contributed by atoms with Crippen molar-refractivity contribution in [2.75, 3.05) is 18.6 Å². The van der Waals surface area contributed by atoms with Crippen molar-refractivity contribution in [3.05, 3.63) is 30.2 Å². The molecule has 2 heterocycles. The monoisotopic (exact) mass is 327 g/mol. The van der Waals surface area contributed by atoms with E-state index in [1.54, 1.807) is 7.11 Å². The van der Waals surface area contributed by atoms with Gasteiger partial charge in [-0.2, -0.15) is 4.98 Å². The van der Waals surface area contributed by atoms with Gasteiger partial charge in [-0.25, -0.2) is 0 Å². The van der Waals surface area contributed by atoms with Gasteiger partial charge in [-0.1, -0.05) is 17.3 Å². The summed E-state index contributed by atoms with van der Waals surface area (Å²) < 4.78 is 11.2. The zero-order valence-corrected chi connectivity index (χ0v) is 14.0. The van der Waals surface area contributed by atoms with Gasteiger partial charge in [0.1, 0.15) is 5.60 Å². The molecule has 4 rings (SSSR count). The lowest BCUT2D eigenvalue weighted by Crippen LogP contribution is -2.27. The van der Waals surface area contributed by atoms with Gasteiger partial charge in [-0.3, -0.25) is 4.79 Å². The maximum atomic E-state index is 11.9. The normalized spacial score (nSPS) is 20.4. The number of aromatic nitrogens is 2. The lowest BCUT2D eigenvalue weighted by atomic mass is 10.0. The molecule has 2 aromatic rings. The number of nitrogens with zero attached hydrogens (tertiary/aromatic N) is 3. The van der Waals surface area contributed by atoms with Crippen molar-refractivity contribution in [2.24, 2.45) is 5.92 Å². The number of rotatable bonds is 5. The summed E-state index contributed by atoms with van der Waals surface area (Å²) in [4.78, 5) is 18.3. The number of carbonyl (C=O) groups excluding carboxylic acids is 1. The van der Waals surface area contributed by atoms with E-state index in [0.29, 0.717) is 24.1 Å². The highest BCUT2D eigenvalue weighted by molar-refractivity contribution is 5.95. The van der Waals surface area contributed by atoms with E-state index >= 15 is 0 Å².